The monoisotopic (exact) mass is 357 g/mol. The third-order valence-electron chi connectivity index (χ3n) is 3.82. The van der Waals surface area contributed by atoms with Crippen molar-refractivity contribution in [1.29, 1.82) is 0 Å². The summed E-state index contributed by atoms with van der Waals surface area (Å²) in [5, 5.41) is 13.1. The Hall–Kier alpha value is -0.780. The molecule has 0 aliphatic heterocycles. The number of rotatable bonds is 7. The lowest BCUT2D eigenvalue weighted by Crippen LogP contribution is -2.24. The van der Waals surface area contributed by atoms with E-state index in [-0.39, 0.29) is 5.75 Å². The smallest absolute Gasteiger partial charge is 0.172 e. The third-order valence-corrected chi connectivity index (χ3v) is 4.43. The van der Waals surface area contributed by atoms with Crippen molar-refractivity contribution in [1.82, 2.24) is 5.32 Å². The van der Waals surface area contributed by atoms with Gasteiger partial charge in [-0.15, -0.1) is 0 Å². The molecule has 1 aromatic rings. The predicted molar refractivity (Wildman–Crippen MR) is 86.9 cm³/mol. The van der Waals surface area contributed by atoms with E-state index in [1.54, 1.807) is 7.11 Å². The minimum Gasteiger partial charge on any atom is -0.503 e. The molecular weight excluding hydrogens is 334 g/mol. The first kappa shape index (κ1) is 16.6. The number of benzene rings is 1. The number of phenolic OH excluding ortho intramolecular Hbond substituents is 1. The molecule has 2 rings (SSSR count). The van der Waals surface area contributed by atoms with E-state index in [1.807, 2.05) is 12.1 Å². The van der Waals surface area contributed by atoms with Crippen LogP contribution in [-0.4, -0.2) is 31.5 Å². The van der Waals surface area contributed by atoms with E-state index >= 15 is 0 Å². The zero-order valence-electron chi connectivity index (χ0n) is 12.5. The van der Waals surface area contributed by atoms with E-state index in [4.69, 9.17) is 9.47 Å². The molecule has 0 saturated heterocycles. The Bertz CT molecular complexity index is 447. The summed E-state index contributed by atoms with van der Waals surface area (Å²) in [4.78, 5) is 0. The van der Waals surface area contributed by atoms with E-state index in [1.165, 1.54) is 32.1 Å². The summed E-state index contributed by atoms with van der Waals surface area (Å²) in [6, 6.07) is 3.74. The van der Waals surface area contributed by atoms with Gasteiger partial charge in [-0.2, -0.15) is 0 Å². The topological polar surface area (TPSA) is 50.7 Å². The molecule has 1 saturated carbocycles. The highest BCUT2D eigenvalue weighted by molar-refractivity contribution is 9.10. The van der Waals surface area contributed by atoms with Crippen LogP contribution in [0.4, 0.5) is 0 Å². The number of aromatic hydroxyl groups is 1. The minimum atomic E-state index is 0.141. The lowest BCUT2D eigenvalue weighted by molar-refractivity contribution is 0.0302. The molecule has 0 amide bonds. The van der Waals surface area contributed by atoms with E-state index in [0.29, 0.717) is 16.3 Å². The molecule has 1 aromatic carbocycles. The maximum Gasteiger partial charge on any atom is 0.172 e. The van der Waals surface area contributed by atoms with Gasteiger partial charge >= 0.3 is 0 Å². The fourth-order valence-corrected chi connectivity index (χ4v) is 3.14. The van der Waals surface area contributed by atoms with Gasteiger partial charge in [0.25, 0.3) is 0 Å². The maximum absolute atomic E-state index is 9.76. The molecule has 2 N–H and O–H groups in total. The number of nitrogens with one attached hydrogen (secondary N) is 1. The molecule has 118 valence electrons. The van der Waals surface area contributed by atoms with Crippen molar-refractivity contribution in [3.05, 3.63) is 22.2 Å². The first-order valence-corrected chi connectivity index (χ1v) is 8.37. The second-order valence-corrected chi connectivity index (χ2v) is 6.29. The first-order valence-electron chi connectivity index (χ1n) is 7.58. The summed E-state index contributed by atoms with van der Waals surface area (Å²) in [7, 11) is 1.55. The summed E-state index contributed by atoms with van der Waals surface area (Å²) in [6.45, 7) is 2.31. The minimum absolute atomic E-state index is 0.141. The van der Waals surface area contributed by atoms with Crippen LogP contribution in [0, 0.1) is 0 Å². The quantitative estimate of drug-likeness (QED) is 0.732. The Morgan fingerprint density at radius 3 is 2.76 bits per heavy atom. The second-order valence-electron chi connectivity index (χ2n) is 5.44. The van der Waals surface area contributed by atoms with Crippen LogP contribution in [0.25, 0.3) is 0 Å². The Morgan fingerprint density at radius 2 is 2.05 bits per heavy atom. The molecule has 1 aliphatic carbocycles. The van der Waals surface area contributed by atoms with E-state index in [2.05, 4.69) is 21.2 Å². The number of methoxy groups -OCH3 is 1. The zero-order chi connectivity index (χ0) is 15.1. The summed E-state index contributed by atoms with van der Waals surface area (Å²) in [6.07, 6.45) is 6.85. The Morgan fingerprint density at radius 1 is 1.29 bits per heavy atom. The van der Waals surface area contributed by atoms with Crippen LogP contribution in [0.3, 0.4) is 0 Å². The number of hydrogen-bond acceptors (Lipinski definition) is 4. The van der Waals surface area contributed by atoms with E-state index in [0.717, 1.165) is 25.3 Å². The molecule has 1 fully saturated rings. The zero-order valence-corrected chi connectivity index (χ0v) is 14.1. The first-order chi connectivity index (χ1) is 10.2. The fourth-order valence-electron chi connectivity index (χ4n) is 2.65. The van der Waals surface area contributed by atoms with E-state index in [9.17, 15) is 5.11 Å². The highest BCUT2D eigenvalue weighted by atomic mass is 79.9. The van der Waals surface area contributed by atoms with Gasteiger partial charge in [0.2, 0.25) is 0 Å². The SMILES string of the molecule is COc1cc(CNCCOC2CCCCC2)cc(Br)c1O. The molecule has 0 bridgehead atoms. The molecule has 0 heterocycles. The van der Waals surface area contributed by atoms with Crippen molar-refractivity contribution in [2.24, 2.45) is 0 Å². The molecule has 0 unspecified atom stereocenters. The van der Waals surface area contributed by atoms with Crippen LogP contribution in [0.15, 0.2) is 16.6 Å². The molecule has 0 atom stereocenters. The van der Waals surface area contributed by atoms with Gasteiger partial charge in [0.05, 0.1) is 24.3 Å². The fraction of sp³-hybridized carbons (Fsp3) is 0.625. The second kappa shape index (κ2) is 8.61. The lowest BCUT2D eigenvalue weighted by Gasteiger charge is -2.22. The van der Waals surface area contributed by atoms with Crippen molar-refractivity contribution in [3.8, 4) is 11.5 Å². The number of phenols is 1. The van der Waals surface area contributed by atoms with Gasteiger partial charge in [0.1, 0.15) is 0 Å². The van der Waals surface area contributed by atoms with Crippen LogP contribution in [0.5, 0.6) is 11.5 Å². The summed E-state index contributed by atoms with van der Waals surface area (Å²) >= 11 is 3.33. The van der Waals surface area contributed by atoms with Crippen LogP contribution in [0.2, 0.25) is 0 Å². The van der Waals surface area contributed by atoms with Gasteiger partial charge in [0.15, 0.2) is 11.5 Å². The maximum atomic E-state index is 9.76. The Kier molecular flexibility index (Phi) is 6.80. The summed E-state index contributed by atoms with van der Waals surface area (Å²) in [5.41, 5.74) is 1.06. The van der Waals surface area contributed by atoms with Crippen molar-refractivity contribution in [2.45, 2.75) is 44.8 Å². The lowest BCUT2D eigenvalue weighted by atomic mass is 9.98. The normalized spacial score (nSPS) is 16.1. The van der Waals surface area contributed by atoms with Gasteiger partial charge in [-0.05, 0) is 46.5 Å². The van der Waals surface area contributed by atoms with Crippen LogP contribution in [0.1, 0.15) is 37.7 Å². The molecule has 5 heteroatoms. The van der Waals surface area contributed by atoms with Gasteiger partial charge in [-0.1, -0.05) is 19.3 Å². The van der Waals surface area contributed by atoms with Gasteiger partial charge < -0.3 is 19.9 Å². The molecule has 0 aromatic heterocycles. The summed E-state index contributed by atoms with van der Waals surface area (Å²) in [5.74, 6) is 0.626. The molecular formula is C16H24BrNO3. The standard InChI is InChI=1S/C16H24BrNO3/c1-20-15-10-12(9-14(17)16(15)19)11-18-7-8-21-13-5-3-2-4-6-13/h9-10,13,18-19H,2-8,11H2,1H3. The highest BCUT2D eigenvalue weighted by Crippen LogP contribution is 2.35. The number of halogens is 1. The molecule has 0 spiro atoms. The van der Waals surface area contributed by atoms with E-state index < -0.39 is 0 Å². The Balaban J connectivity index is 1.69. The van der Waals surface area contributed by atoms with Gasteiger partial charge in [-0.25, -0.2) is 0 Å². The van der Waals surface area contributed by atoms with Gasteiger partial charge in [-0.3, -0.25) is 0 Å². The largest absolute Gasteiger partial charge is 0.503 e. The average molecular weight is 358 g/mol. The average Bonchev–Trinajstić information content (AvgIpc) is 2.51. The molecule has 21 heavy (non-hydrogen) atoms. The van der Waals surface area contributed by atoms with Crippen molar-refractivity contribution in [2.75, 3.05) is 20.3 Å². The third kappa shape index (κ3) is 5.16. The van der Waals surface area contributed by atoms with Crippen LogP contribution in [-0.2, 0) is 11.3 Å². The van der Waals surface area contributed by atoms with Crippen LogP contribution < -0.4 is 10.1 Å². The predicted octanol–water partition coefficient (Wildman–Crippen LogP) is 3.60. The molecule has 1 aliphatic rings. The van der Waals surface area contributed by atoms with Crippen LogP contribution >= 0.6 is 15.9 Å². The highest BCUT2D eigenvalue weighted by Gasteiger charge is 2.13. The summed E-state index contributed by atoms with van der Waals surface area (Å²) < 4.78 is 11.7. The number of ether oxygens (including phenoxy) is 2. The molecule has 4 nitrogen and oxygen atoms in total. The van der Waals surface area contributed by atoms with Crippen molar-refractivity contribution in [3.63, 3.8) is 0 Å². The number of hydrogen-bond donors (Lipinski definition) is 2. The molecule has 0 radical (unpaired) electrons. The van der Waals surface area contributed by atoms with Crippen molar-refractivity contribution < 1.29 is 14.6 Å². The van der Waals surface area contributed by atoms with Gasteiger partial charge in [0, 0.05) is 13.1 Å². The Labute approximate surface area is 135 Å². The van der Waals surface area contributed by atoms with Crippen molar-refractivity contribution >= 4 is 15.9 Å².